The van der Waals surface area contributed by atoms with Crippen molar-refractivity contribution >= 4 is 31.8 Å². The number of ketones is 2. The molecule has 0 aliphatic heterocycles. The molecule has 60 heavy (non-hydrogen) atoms. The van der Waals surface area contributed by atoms with E-state index in [1.165, 1.54) is 36.8 Å². The molecule has 6 fully saturated rings. The van der Waals surface area contributed by atoms with Crippen molar-refractivity contribution in [1.29, 1.82) is 0 Å². The number of allylic oxidation sites excluding steroid dienone is 2. The van der Waals surface area contributed by atoms with Gasteiger partial charge in [-0.25, -0.2) is 0 Å². The van der Waals surface area contributed by atoms with Crippen LogP contribution in [0.3, 0.4) is 0 Å². The van der Waals surface area contributed by atoms with Gasteiger partial charge in [0, 0.05) is 12.8 Å². The molecule has 0 heterocycles. The van der Waals surface area contributed by atoms with Gasteiger partial charge in [0.05, 0.1) is 36.9 Å². The molecule has 2 N–H and O–H groups in total. The molecule has 0 amide bonds. The van der Waals surface area contributed by atoms with E-state index in [0.29, 0.717) is 59.9 Å². The van der Waals surface area contributed by atoms with Gasteiger partial charge in [0.1, 0.15) is 0 Å². The normalized spacial score (nSPS) is 45.7. The number of carbonyl (C=O) groups is 2. The highest BCUT2D eigenvalue weighted by molar-refractivity contribution is 7.86. The van der Waals surface area contributed by atoms with E-state index >= 15 is 0 Å². The van der Waals surface area contributed by atoms with Crippen LogP contribution in [0.25, 0.3) is 0 Å². The summed E-state index contributed by atoms with van der Waals surface area (Å²) in [6, 6.07) is 0. The zero-order chi connectivity index (χ0) is 44.5. The minimum Gasteiger partial charge on any atom is -0.390 e. The van der Waals surface area contributed by atoms with E-state index in [4.69, 9.17) is 0 Å². The monoisotopic (exact) mass is 879 g/mol. The van der Waals surface area contributed by atoms with E-state index in [1.807, 2.05) is 12.2 Å². The molecule has 12 heteroatoms. The van der Waals surface area contributed by atoms with Gasteiger partial charge in [-0.15, -0.1) is 0 Å². The van der Waals surface area contributed by atoms with Crippen LogP contribution in [0.4, 0.5) is 0 Å². The number of aliphatic hydroxyl groups is 2. The molecule has 8 aliphatic rings. The van der Waals surface area contributed by atoms with Gasteiger partial charge < -0.3 is 10.2 Å². The Morgan fingerprint density at radius 2 is 0.900 bits per heavy atom. The molecular weight excluding hydrogens is 801 g/mol. The maximum absolute atomic E-state index is 11.9. The van der Waals surface area contributed by atoms with Gasteiger partial charge in [0.2, 0.25) is 0 Å². The zero-order valence-corrected chi connectivity index (χ0v) is 40.1. The van der Waals surface area contributed by atoms with Gasteiger partial charge in [-0.3, -0.25) is 18.0 Å². The Hall–Kier alpha value is -1.44. The van der Waals surface area contributed by atoms with Crippen molar-refractivity contribution in [2.75, 3.05) is 25.7 Å². The van der Waals surface area contributed by atoms with Gasteiger partial charge in [0.15, 0.2) is 11.6 Å². The van der Waals surface area contributed by atoms with Crippen LogP contribution in [0.5, 0.6) is 0 Å². The molecule has 0 aromatic carbocycles. The number of hydrogen-bond donors (Lipinski definition) is 2. The number of unbranched alkanes of at least 4 members (excludes halogenated alkanes) is 1. The number of rotatable bonds is 7. The van der Waals surface area contributed by atoms with Crippen LogP contribution in [0.1, 0.15) is 158 Å². The Labute approximate surface area is 362 Å². The second-order valence-electron chi connectivity index (χ2n) is 22.3. The van der Waals surface area contributed by atoms with Crippen molar-refractivity contribution in [3.63, 3.8) is 0 Å². The lowest BCUT2D eigenvalue weighted by atomic mass is 9.44. The Bertz CT molecular complexity index is 1800. The average molecular weight is 879 g/mol. The summed E-state index contributed by atoms with van der Waals surface area (Å²) in [7, 11) is -6.80. The lowest BCUT2D eigenvalue weighted by molar-refractivity contribution is -0.132. The first-order valence-electron chi connectivity index (χ1n) is 23.2. The van der Waals surface area contributed by atoms with Crippen LogP contribution < -0.4 is 0 Å². The van der Waals surface area contributed by atoms with Crippen molar-refractivity contribution in [3.8, 4) is 0 Å². The molecule has 0 saturated heterocycles. The smallest absolute Gasteiger partial charge is 0.264 e. The van der Waals surface area contributed by atoms with E-state index in [-0.39, 0.29) is 34.9 Å². The van der Waals surface area contributed by atoms with Gasteiger partial charge in [0.25, 0.3) is 20.2 Å². The highest BCUT2D eigenvalue weighted by Gasteiger charge is 2.65. The SMILES string of the molecule is CS(=O)(=O)OCCCCOS(C)(=O)=O.C[C@H]1CC2=CC(=O)CC[C@]2(C)[C@H]2CC[C@@]3(C)[C@@H](CC[C@]3(C)O)[C@H]12.C[C@H]1CC2=CC(=O)CC[C@]2(C)[C@H]2CC[C@@]3(C)[C@@H](CC[C@]3(C)O)[C@H]12. The second kappa shape index (κ2) is 16.8. The van der Waals surface area contributed by atoms with Crippen molar-refractivity contribution < 1.29 is 45.0 Å². The van der Waals surface area contributed by atoms with Crippen LogP contribution in [-0.4, -0.2) is 75.5 Å². The highest BCUT2D eigenvalue weighted by atomic mass is 32.2. The Balaban J connectivity index is 0.000000157. The molecule has 14 atom stereocenters. The summed E-state index contributed by atoms with van der Waals surface area (Å²) in [6.07, 6.45) is 21.6. The van der Waals surface area contributed by atoms with Crippen LogP contribution in [-0.2, 0) is 38.2 Å². The predicted octanol–water partition coefficient (Wildman–Crippen LogP) is 8.75. The minimum atomic E-state index is -3.40. The molecule has 0 aromatic rings. The third-order valence-electron chi connectivity index (χ3n) is 18.9. The summed E-state index contributed by atoms with van der Waals surface area (Å²) in [4.78, 5) is 23.9. The van der Waals surface area contributed by atoms with Crippen LogP contribution in [0.15, 0.2) is 23.3 Å². The summed E-state index contributed by atoms with van der Waals surface area (Å²) >= 11 is 0. The topological polar surface area (TPSA) is 161 Å². The van der Waals surface area contributed by atoms with Crippen molar-refractivity contribution in [2.45, 2.75) is 169 Å². The van der Waals surface area contributed by atoms with Crippen LogP contribution in [0.2, 0.25) is 0 Å². The first-order valence-corrected chi connectivity index (χ1v) is 26.8. The minimum absolute atomic E-state index is 0.0476. The number of fused-ring (bicyclic) bond motifs is 10. The fourth-order valence-electron chi connectivity index (χ4n) is 14.9. The molecule has 8 aliphatic carbocycles. The van der Waals surface area contributed by atoms with Crippen LogP contribution in [0, 0.1) is 69.0 Å². The highest BCUT2D eigenvalue weighted by Crippen LogP contribution is 2.70. The van der Waals surface area contributed by atoms with E-state index in [0.717, 1.165) is 88.6 Å². The third kappa shape index (κ3) is 8.96. The molecule has 0 spiro atoms. The Kier molecular flexibility index (Phi) is 13.5. The molecule has 8 rings (SSSR count). The van der Waals surface area contributed by atoms with Crippen molar-refractivity contribution in [3.05, 3.63) is 23.3 Å². The summed E-state index contributed by atoms with van der Waals surface area (Å²) in [6.45, 7) is 18.6. The summed E-state index contributed by atoms with van der Waals surface area (Å²) in [5, 5.41) is 22.0. The lowest BCUT2D eigenvalue weighted by Crippen LogP contribution is -2.55. The third-order valence-corrected chi connectivity index (χ3v) is 20.1. The average Bonchev–Trinajstić information content (AvgIpc) is 3.53. The summed E-state index contributed by atoms with van der Waals surface area (Å²) in [5.41, 5.74) is 2.53. The van der Waals surface area contributed by atoms with Gasteiger partial charge in [-0.1, -0.05) is 52.7 Å². The number of carbonyl (C=O) groups excluding carboxylic acids is 2. The first-order chi connectivity index (χ1) is 27.6. The molecule has 0 bridgehead atoms. The molecule has 10 nitrogen and oxygen atoms in total. The predicted molar refractivity (Wildman–Crippen MR) is 235 cm³/mol. The van der Waals surface area contributed by atoms with Gasteiger partial charge in [-0.05, 0) is 185 Å². The lowest BCUT2D eigenvalue weighted by Gasteiger charge is -2.60. The standard InChI is InChI=1S/2C21H32O2.C6H14O6S2/c2*1-13-11-14-12-15(22)5-8-19(14,2)16-6-9-20(3)17(18(13)16)7-10-21(20,4)23;1-13(7,8)11-5-3-4-6-12-14(2,9)10/h2*12-13,16-18,23H,5-11H2,1-4H3;3-6H2,1-2H3/t2*13-,16-,17-,18+,19-,20-,21-;/m00./s1. The molecule has 342 valence electrons. The summed E-state index contributed by atoms with van der Waals surface area (Å²) in [5.74, 6) is 6.13. The number of hydrogen-bond acceptors (Lipinski definition) is 10. The second-order valence-corrected chi connectivity index (χ2v) is 25.6. The maximum Gasteiger partial charge on any atom is 0.264 e. The van der Waals surface area contributed by atoms with E-state index in [9.17, 15) is 36.6 Å². The van der Waals surface area contributed by atoms with Gasteiger partial charge >= 0.3 is 0 Å². The maximum atomic E-state index is 11.9. The molecule has 0 unspecified atom stereocenters. The Morgan fingerprint density at radius 3 is 1.23 bits per heavy atom. The molecule has 6 saturated carbocycles. The quantitative estimate of drug-likeness (QED) is 0.187. The zero-order valence-electron chi connectivity index (χ0n) is 38.5. The molecule has 0 radical (unpaired) electrons. The van der Waals surface area contributed by atoms with Crippen molar-refractivity contribution in [2.24, 2.45) is 69.0 Å². The van der Waals surface area contributed by atoms with E-state index in [2.05, 4.69) is 63.8 Å². The fraction of sp³-hybridized carbons (Fsp3) is 0.875. The first kappa shape index (κ1) is 48.0. The molecule has 0 aromatic heterocycles. The van der Waals surface area contributed by atoms with Gasteiger partial charge in [-0.2, -0.15) is 16.8 Å². The Morgan fingerprint density at radius 1 is 0.567 bits per heavy atom. The van der Waals surface area contributed by atoms with E-state index in [1.54, 1.807) is 0 Å². The van der Waals surface area contributed by atoms with Crippen LogP contribution >= 0.6 is 0 Å². The van der Waals surface area contributed by atoms with Crippen molar-refractivity contribution in [1.82, 2.24) is 0 Å². The fourth-order valence-corrected chi connectivity index (χ4v) is 15.8. The van der Waals surface area contributed by atoms with E-state index < -0.39 is 31.4 Å². The summed E-state index contributed by atoms with van der Waals surface area (Å²) < 4.78 is 50.8. The largest absolute Gasteiger partial charge is 0.390 e. The molecular formula is C48H78O10S2.